The lowest BCUT2D eigenvalue weighted by Crippen LogP contribution is -2.21. The van der Waals surface area contributed by atoms with Crippen LogP contribution in [0, 0.1) is 23.0 Å². The van der Waals surface area contributed by atoms with Crippen molar-refractivity contribution >= 4 is 5.97 Å². The monoisotopic (exact) mass is 561 g/mol. The van der Waals surface area contributed by atoms with E-state index in [1.54, 1.807) is 19.9 Å². The molecule has 2 N–H and O–H groups in total. The van der Waals surface area contributed by atoms with Gasteiger partial charge in [0.25, 0.3) is 0 Å². The molecule has 0 amide bonds. The normalized spacial score (nSPS) is 23.9. The summed E-state index contributed by atoms with van der Waals surface area (Å²) in [4.78, 5) is 15.8. The van der Waals surface area contributed by atoms with E-state index in [2.05, 4.69) is 4.98 Å². The summed E-state index contributed by atoms with van der Waals surface area (Å²) in [6.45, 7) is 2.73. The summed E-state index contributed by atoms with van der Waals surface area (Å²) in [7, 11) is 0. The van der Waals surface area contributed by atoms with Gasteiger partial charge in [-0.05, 0) is 60.7 Å². The third-order valence-corrected chi connectivity index (χ3v) is 8.15. The summed E-state index contributed by atoms with van der Waals surface area (Å²) in [5, 5.41) is 19.3. The van der Waals surface area contributed by atoms with Crippen molar-refractivity contribution in [1.29, 1.82) is 0 Å². The maximum Gasteiger partial charge on any atom is 0.417 e. The molecule has 210 valence electrons. The van der Waals surface area contributed by atoms with Gasteiger partial charge in [0.2, 0.25) is 5.88 Å². The van der Waals surface area contributed by atoms with E-state index in [9.17, 15) is 32.6 Å². The molecule has 0 saturated heterocycles. The van der Waals surface area contributed by atoms with Crippen molar-refractivity contribution < 1.29 is 46.4 Å². The Morgan fingerprint density at radius 1 is 1.00 bits per heavy atom. The van der Waals surface area contributed by atoms with E-state index in [4.69, 9.17) is 9.47 Å². The van der Waals surface area contributed by atoms with E-state index < -0.39 is 58.1 Å². The molecule has 2 bridgehead atoms. The number of aromatic nitrogens is 1. The summed E-state index contributed by atoms with van der Waals surface area (Å²) in [6.07, 6.45) is -3.18. The van der Waals surface area contributed by atoms with Gasteiger partial charge in [0.15, 0.2) is 0 Å². The molecule has 1 aromatic heterocycles. The Balaban J connectivity index is 1.24. The minimum Gasteiger partial charge on any atom is -0.493 e. The molecule has 0 spiro atoms. The van der Waals surface area contributed by atoms with Gasteiger partial charge in [-0.3, -0.25) is 4.79 Å². The van der Waals surface area contributed by atoms with E-state index in [0.29, 0.717) is 6.07 Å². The van der Waals surface area contributed by atoms with E-state index in [1.165, 1.54) is 12.3 Å². The topological polar surface area (TPSA) is 88.9 Å². The number of pyridine rings is 1. The molecule has 2 fully saturated rings. The van der Waals surface area contributed by atoms with Crippen LogP contribution >= 0.6 is 0 Å². The highest BCUT2D eigenvalue weighted by atomic mass is 19.4. The van der Waals surface area contributed by atoms with Crippen LogP contribution in [0.5, 0.6) is 11.6 Å². The first-order chi connectivity index (χ1) is 18.7. The quantitative estimate of drug-likeness (QED) is 0.309. The first-order valence-electron chi connectivity index (χ1n) is 12.6. The van der Waals surface area contributed by atoms with Crippen LogP contribution in [0.1, 0.15) is 54.4 Å². The van der Waals surface area contributed by atoms with Crippen LogP contribution in [-0.2, 0) is 17.6 Å². The number of carboxylic acids is 1. The number of aliphatic hydroxyl groups is 1. The molecule has 4 aliphatic rings. The SMILES string of the molecule is CC(C)(O)CCOc1ccc(-c2cc(COc3cc4c(cn3)[C@H]3[C@H]5C4[C@]53C(=O)O)c(F)cc2C(F)(F)F)c(F)c1. The number of halogens is 5. The fraction of sp³-hybridized carbons (Fsp3) is 0.379. The number of benzene rings is 2. The van der Waals surface area contributed by atoms with Crippen molar-refractivity contribution in [3.63, 3.8) is 0 Å². The van der Waals surface area contributed by atoms with Gasteiger partial charge in [0, 0.05) is 47.7 Å². The summed E-state index contributed by atoms with van der Waals surface area (Å²) in [6, 6.07) is 6.17. The number of aliphatic carboxylic acids is 1. The number of carboxylic acid groups (broad SMARTS) is 1. The van der Waals surface area contributed by atoms with Crippen molar-refractivity contribution in [2.75, 3.05) is 6.61 Å². The second-order valence-corrected chi connectivity index (χ2v) is 11.2. The summed E-state index contributed by atoms with van der Waals surface area (Å²) >= 11 is 0. The lowest BCUT2D eigenvalue weighted by molar-refractivity contribution is -0.141. The number of hydrogen-bond donors (Lipinski definition) is 2. The fourth-order valence-corrected chi connectivity index (χ4v) is 6.08. The molecule has 0 radical (unpaired) electrons. The van der Waals surface area contributed by atoms with Crippen molar-refractivity contribution in [1.82, 2.24) is 4.98 Å². The molecular weight excluding hydrogens is 537 g/mol. The number of rotatable bonds is 9. The van der Waals surface area contributed by atoms with E-state index in [0.717, 1.165) is 29.3 Å². The number of carbonyl (C=O) groups is 1. The van der Waals surface area contributed by atoms with Gasteiger partial charge >= 0.3 is 12.1 Å². The Kier molecular flexibility index (Phi) is 5.72. The zero-order valence-electron chi connectivity index (χ0n) is 21.4. The summed E-state index contributed by atoms with van der Waals surface area (Å²) < 4.78 is 82.3. The van der Waals surface area contributed by atoms with Gasteiger partial charge in [-0.15, -0.1) is 0 Å². The molecule has 7 rings (SSSR count). The number of alkyl halides is 3. The van der Waals surface area contributed by atoms with Crippen molar-refractivity contribution in [3.05, 3.63) is 76.5 Å². The number of ether oxygens (including phenoxy) is 2. The van der Waals surface area contributed by atoms with Crippen LogP contribution in [0.4, 0.5) is 22.0 Å². The predicted molar refractivity (Wildman–Crippen MR) is 131 cm³/mol. The standard InChI is InChI=1S/C29H24F5NO5/c1-27(2,38)5-6-39-14-3-4-15(21(31)8-14)16-7-13(20(30)10-19(16)29(32,33)34)12-40-22-9-17-18(11-35-22)24-25-23(17)28(24,25)26(36)37/h3-4,7-11,23-25,38H,5-6,12H2,1-2H3,(H,36,37)/t23?,24-,25+,28+/m0/s1. The molecule has 0 aliphatic heterocycles. The Labute approximate surface area is 225 Å². The molecule has 6 nitrogen and oxygen atoms in total. The summed E-state index contributed by atoms with van der Waals surface area (Å²) in [5.74, 6) is -2.95. The Hall–Kier alpha value is -3.73. The lowest BCUT2D eigenvalue weighted by atomic mass is 9.96. The minimum absolute atomic E-state index is 0.0466. The molecule has 2 saturated carbocycles. The zero-order valence-corrected chi connectivity index (χ0v) is 21.4. The number of nitrogens with zero attached hydrogens (tertiary/aromatic N) is 1. The second-order valence-electron chi connectivity index (χ2n) is 11.2. The third kappa shape index (κ3) is 4.09. The molecule has 4 atom stereocenters. The Bertz CT molecular complexity index is 1550. The van der Waals surface area contributed by atoms with Crippen LogP contribution in [0.3, 0.4) is 0 Å². The first-order valence-corrected chi connectivity index (χ1v) is 12.6. The average Bonchev–Trinajstić information content (AvgIpc) is 3.65. The number of hydrogen-bond acceptors (Lipinski definition) is 5. The van der Waals surface area contributed by atoms with Gasteiger partial charge in [0.05, 0.1) is 23.2 Å². The fourth-order valence-electron chi connectivity index (χ4n) is 6.08. The van der Waals surface area contributed by atoms with E-state index in [1.807, 2.05) is 0 Å². The molecule has 4 aliphatic carbocycles. The first kappa shape index (κ1) is 26.5. The molecule has 3 aromatic rings. The maximum atomic E-state index is 15.0. The van der Waals surface area contributed by atoms with Crippen molar-refractivity contribution in [2.45, 2.75) is 50.5 Å². The smallest absolute Gasteiger partial charge is 0.417 e. The van der Waals surface area contributed by atoms with Crippen molar-refractivity contribution in [3.8, 4) is 22.8 Å². The largest absolute Gasteiger partial charge is 0.493 e. The van der Waals surface area contributed by atoms with E-state index in [-0.39, 0.29) is 48.0 Å². The van der Waals surface area contributed by atoms with Crippen LogP contribution < -0.4 is 9.47 Å². The van der Waals surface area contributed by atoms with Crippen LogP contribution in [-0.4, -0.2) is 33.4 Å². The van der Waals surface area contributed by atoms with Crippen LogP contribution in [0.25, 0.3) is 11.1 Å². The van der Waals surface area contributed by atoms with Crippen molar-refractivity contribution in [2.24, 2.45) is 11.3 Å². The lowest BCUT2D eigenvalue weighted by Gasteiger charge is -2.18. The van der Waals surface area contributed by atoms with Gasteiger partial charge in [-0.1, -0.05) is 0 Å². The predicted octanol–water partition coefficient (Wildman–Crippen LogP) is 6.06. The molecule has 1 heterocycles. The molecular formula is C29H24F5NO5. The molecule has 1 unspecified atom stereocenters. The minimum atomic E-state index is -4.96. The highest BCUT2D eigenvalue weighted by Crippen LogP contribution is 2.96. The van der Waals surface area contributed by atoms with Gasteiger partial charge in [0.1, 0.15) is 24.0 Å². The molecule has 2 aromatic carbocycles. The average molecular weight is 562 g/mol. The van der Waals surface area contributed by atoms with Crippen LogP contribution in [0.2, 0.25) is 0 Å². The third-order valence-electron chi connectivity index (χ3n) is 8.15. The Morgan fingerprint density at radius 3 is 2.35 bits per heavy atom. The van der Waals surface area contributed by atoms with Gasteiger partial charge < -0.3 is 19.7 Å². The molecule has 40 heavy (non-hydrogen) atoms. The summed E-state index contributed by atoms with van der Waals surface area (Å²) in [5.41, 5.74) is -2.63. The highest BCUT2D eigenvalue weighted by molar-refractivity contribution is 5.93. The van der Waals surface area contributed by atoms with E-state index >= 15 is 4.39 Å². The molecule has 11 heteroatoms. The van der Waals surface area contributed by atoms with Gasteiger partial charge in [-0.2, -0.15) is 13.2 Å². The highest BCUT2D eigenvalue weighted by Gasteiger charge is 2.95. The Morgan fingerprint density at radius 2 is 1.73 bits per heavy atom. The van der Waals surface area contributed by atoms with Gasteiger partial charge in [-0.25, -0.2) is 13.8 Å². The zero-order chi connectivity index (χ0) is 28.8. The van der Waals surface area contributed by atoms with Crippen LogP contribution in [0.15, 0.2) is 42.6 Å². The maximum absolute atomic E-state index is 15.0. The second kappa shape index (κ2) is 8.63.